The summed E-state index contributed by atoms with van der Waals surface area (Å²) >= 11 is 0. The lowest BCUT2D eigenvalue weighted by molar-refractivity contribution is 0.600. The van der Waals surface area contributed by atoms with Crippen LogP contribution in [0.2, 0.25) is 0 Å². The van der Waals surface area contributed by atoms with Gasteiger partial charge in [-0.2, -0.15) is 0 Å². The highest BCUT2D eigenvalue weighted by Crippen LogP contribution is 2.50. The summed E-state index contributed by atoms with van der Waals surface area (Å²) in [7, 11) is -7.04. The summed E-state index contributed by atoms with van der Waals surface area (Å²) in [6, 6.07) is 14.4. The average Bonchev–Trinajstić information content (AvgIpc) is 3.18. The maximum atomic E-state index is 12.1. The van der Waals surface area contributed by atoms with Gasteiger partial charge in [-0.05, 0) is 30.2 Å². The van der Waals surface area contributed by atoms with Gasteiger partial charge in [0.05, 0.1) is 15.5 Å². The van der Waals surface area contributed by atoms with Gasteiger partial charge in [-0.25, -0.2) is 16.8 Å². The molecule has 1 aliphatic carbocycles. The van der Waals surface area contributed by atoms with Gasteiger partial charge in [-0.3, -0.25) is 0 Å². The van der Waals surface area contributed by atoms with Crippen LogP contribution in [-0.4, -0.2) is 35.4 Å². The fourth-order valence-corrected chi connectivity index (χ4v) is 4.65. The molecule has 25 heavy (non-hydrogen) atoms. The van der Waals surface area contributed by atoms with E-state index < -0.39 is 19.7 Å². The predicted octanol–water partition coefficient (Wildman–Crippen LogP) is 2.64. The highest BCUT2D eigenvalue weighted by Gasteiger charge is 2.51. The van der Waals surface area contributed by atoms with Crippen LogP contribution >= 0.6 is 0 Å². The van der Waals surface area contributed by atoms with E-state index in [0.717, 1.165) is 18.9 Å². The highest BCUT2D eigenvalue weighted by molar-refractivity contribution is 7.91. The lowest BCUT2D eigenvalue weighted by atomic mass is 9.97. The van der Waals surface area contributed by atoms with Gasteiger partial charge < -0.3 is 5.32 Å². The van der Waals surface area contributed by atoms with Crippen LogP contribution in [0.25, 0.3) is 0 Å². The molecule has 0 amide bonds. The Balaban J connectivity index is 1.94. The zero-order chi connectivity index (χ0) is 18.5. The summed E-state index contributed by atoms with van der Waals surface area (Å²) in [6.45, 7) is 2.13. The van der Waals surface area contributed by atoms with Crippen LogP contribution in [-0.2, 0) is 25.1 Å². The van der Waals surface area contributed by atoms with Crippen LogP contribution in [0.4, 0.5) is 5.69 Å². The molecule has 0 radical (unpaired) electrons. The Labute approximate surface area is 148 Å². The summed E-state index contributed by atoms with van der Waals surface area (Å²) in [4.78, 5) is 0.0119. The van der Waals surface area contributed by atoms with Crippen molar-refractivity contribution in [1.82, 2.24) is 0 Å². The fourth-order valence-electron chi connectivity index (χ4n) is 3.06. The molecule has 1 aliphatic rings. The first-order valence-corrected chi connectivity index (χ1v) is 11.7. The van der Waals surface area contributed by atoms with E-state index in [1.807, 2.05) is 18.2 Å². The van der Waals surface area contributed by atoms with E-state index in [-0.39, 0.29) is 21.2 Å². The van der Waals surface area contributed by atoms with Gasteiger partial charge in [-0.1, -0.05) is 37.3 Å². The zero-order valence-corrected chi connectivity index (χ0v) is 16.0. The molecule has 2 atom stereocenters. The number of hydrogen-bond acceptors (Lipinski definition) is 5. The Bertz CT molecular complexity index is 1010. The highest BCUT2D eigenvalue weighted by atomic mass is 32.2. The minimum Gasteiger partial charge on any atom is -0.380 e. The van der Waals surface area contributed by atoms with Crippen molar-refractivity contribution in [3.8, 4) is 0 Å². The molecule has 5 nitrogen and oxygen atoms in total. The molecule has 0 bridgehead atoms. The number of nitrogens with one attached hydrogen (secondary N) is 1. The second-order valence-corrected chi connectivity index (χ2v) is 10.9. The van der Waals surface area contributed by atoms with Crippen LogP contribution in [0.1, 0.15) is 18.9 Å². The Hall–Kier alpha value is -1.86. The van der Waals surface area contributed by atoms with Crippen molar-refractivity contribution in [1.29, 1.82) is 0 Å². The third-order valence-electron chi connectivity index (χ3n) is 4.78. The van der Waals surface area contributed by atoms with E-state index in [2.05, 4.69) is 24.4 Å². The van der Waals surface area contributed by atoms with Crippen molar-refractivity contribution in [2.75, 3.05) is 17.8 Å². The first kappa shape index (κ1) is 17.9. The number of sulfone groups is 2. The van der Waals surface area contributed by atoms with Crippen LogP contribution in [0, 0.1) is 0 Å². The molecule has 1 saturated carbocycles. The fraction of sp³-hybridized carbons (Fsp3) is 0.333. The predicted molar refractivity (Wildman–Crippen MR) is 98.5 cm³/mol. The molecular formula is C18H21NO4S2. The second kappa shape index (κ2) is 5.85. The Morgan fingerprint density at radius 1 is 0.960 bits per heavy atom. The third-order valence-corrected chi connectivity index (χ3v) is 7.03. The SMILES string of the molecule is C[C@@]1(c2ccccc2)C[C@H]1Nc1ccc(S(C)(=O)=O)cc1S(C)(=O)=O. The molecule has 0 unspecified atom stereocenters. The maximum Gasteiger partial charge on any atom is 0.177 e. The summed E-state index contributed by atoms with van der Waals surface area (Å²) in [5.74, 6) is 0. The zero-order valence-electron chi connectivity index (χ0n) is 14.4. The van der Waals surface area contributed by atoms with Crippen molar-refractivity contribution in [3.63, 3.8) is 0 Å². The number of hydrogen-bond donors (Lipinski definition) is 1. The first-order chi connectivity index (χ1) is 11.5. The molecule has 1 N–H and O–H groups in total. The van der Waals surface area contributed by atoms with Gasteiger partial charge >= 0.3 is 0 Å². The summed E-state index contributed by atoms with van der Waals surface area (Å²) in [6.07, 6.45) is 3.03. The van der Waals surface area contributed by atoms with Crippen molar-refractivity contribution < 1.29 is 16.8 Å². The first-order valence-electron chi connectivity index (χ1n) is 7.88. The van der Waals surface area contributed by atoms with E-state index in [1.165, 1.54) is 23.8 Å². The van der Waals surface area contributed by atoms with E-state index >= 15 is 0 Å². The van der Waals surface area contributed by atoms with Crippen LogP contribution in [0.5, 0.6) is 0 Å². The third kappa shape index (κ3) is 3.57. The molecule has 2 aromatic carbocycles. The second-order valence-electron chi connectivity index (χ2n) is 6.89. The van der Waals surface area contributed by atoms with Crippen molar-refractivity contribution in [2.45, 2.75) is 34.6 Å². The average molecular weight is 380 g/mol. The van der Waals surface area contributed by atoms with Gasteiger partial charge in [-0.15, -0.1) is 0 Å². The number of anilines is 1. The van der Waals surface area contributed by atoms with Crippen LogP contribution < -0.4 is 5.32 Å². The Kier molecular flexibility index (Phi) is 4.20. The summed E-state index contributed by atoms with van der Waals surface area (Å²) in [5, 5.41) is 3.28. The lowest BCUT2D eigenvalue weighted by Crippen LogP contribution is -2.16. The van der Waals surface area contributed by atoms with Gasteiger partial charge in [0.25, 0.3) is 0 Å². The van der Waals surface area contributed by atoms with Gasteiger partial charge in [0.15, 0.2) is 19.7 Å². The molecule has 1 fully saturated rings. The van der Waals surface area contributed by atoms with Crippen molar-refractivity contribution >= 4 is 25.4 Å². The minimum absolute atomic E-state index is 0.0000862. The lowest BCUT2D eigenvalue weighted by Gasteiger charge is -2.16. The topological polar surface area (TPSA) is 80.3 Å². The minimum atomic E-state index is -3.56. The molecule has 0 heterocycles. The van der Waals surface area contributed by atoms with E-state index in [1.54, 1.807) is 0 Å². The largest absolute Gasteiger partial charge is 0.380 e. The standard InChI is InChI=1S/C18H21NO4S2/c1-18(13-7-5-4-6-8-13)12-17(18)19-15-10-9-14(24(2,20)21)11-16(15)25(3,22)23/h4-11,17,19H,12H2,1-3H3/t17-,18+/m1/s1. The molecule has 0 aromatic heterocycles. The molecule has 134 valence electrons. The monoisotopic (exact) mass is 379 g/mol. The smallest absolute Gasteiger partial charge is 0.177 e. The quantitative estimate of drug-likeness (QED) is 0.864. The normalized spacial score (nSPS) is 23.2. The van der Waals surface area contributed by atoms with Crippen LogP contribution in [0.15, 0.2) is 58.3 Å². The molecule has 0 spiro atoms. The van der Waals surface area contributed by atoms with Crippen molar-refractivity contribution in [3.05, 3.63) is 54.1 Å². The van der Waals surface area contributed by atoms with Gasteiger partial charge in [0.2, 0.25) is 0 Å². The molecule has 0 saturated heterocycles. The number of benzene rings is 2. The molecule has 7 heteroatoms. The maximum absolute atomic E-state index is 12.1. The van der Waals surface area contributed by atoms with Gasteiger partial charge in [0, 0.05) is 24.0 Å². The summed E-state index contributed by atoms with van der Waals surface area (Å²) in [5.41, 5.74) is 1.58. The molecule has 2 aromatic rings. The molecule has 0 aliphatic heterocycles. The summed E-state index contributed by atoms with van der Waals surface area (Å²) < 4.78 is 47.7. The van der Waals surface area contributed by atoms with Crippen LogP contribution in [0.3, 0.4) is 0 Å². The van der Waals surface area contributed by atoms with E-state index in [9.17, 15) is 16.8 Å². The van der Waals surface area contributed by atoms with Gasteiger partial charge in [0.1, 0.15) is 0 Å². The molecule has 3 rings (SSSR count). The molecular weight excluding hydrogens is 358 g/mol. The van der Waals surface area contributed by atoms with Crippen molar-refractivity contribution in [2.24, 2.45) is 0 Å². The van der Waals surface area contributed by atoms with E-state index in [0.29, 0.717) is 5.69 Å². The Morgan fingerprint density at radius 3 is 2.16 bits per heavy atom. The van der Waals surface area contributed by atoms with E-state index in [4.69, 9.17) is 0 Å². The number of rotatable bonds is 5. The Morgan fingerprint density at radius 2 is 1.60 bits per heavy atom.